The van der Waals surface area contributed by atoms with Crippen LogP contribution in [-0.2, 0) is 9.59 Å². The molecule has 0 aliphatic carbocycles. The Morgan fingerprint density at radius 1 is 1.07 bits per heavy atom. The second kappa shape index (κ2) is 9.48. The highest BCUT2D eigenvalue weighted by atomic mass is 16.5. The lowest BCUT2D eigenvalue weighted by Crippen LogP contribution is -2.30. The summed E-state index contributed by atoms with van der Waals surface area (Å²) < 4.78 is 10.8. The van der Waals surface area contributed by atoms with Gasteiger partial charge in [-0.05, 0) is 43.2 Å². The molecule has 0 aromatic heterocycles. The molecule has 1 N–H and O–H groups in total. The molecule has 2 aromatic carbocycles. The predicted molar refractivity (Wildman–Crippen MR) is 115 cm³/mol. The van der Waals surface area contributed by atoms with Crippen LogP contribution in [0.25, 0.3) is 5.76 Å². The molecule has 1 aliphatic heterocycles. The molecule has 6 nitrogen and oxygen atoms in total. The monoisotopic (exact) mass is 409 g/mol. The lowest BCUT2D eigenvalue weighted by molar-refractivity contribution is -0.139. The van der Waals surface area contributed by atoms with Crippen molar-refractivity contribution in [3.05, 3.63) is 65.2 Å². The molecule has 0 radical (unpaired) electrons. The third-order valence-electron chi connectivity index (χ3n) is 5.12. The molecular formula is C24H27NO5. The number of aliphatic hydroxyl groups excluding tert-OH is 1. The van der Waals surface area contributed by atoms with Crippen LogP contribution in [0.1, 0.15) is 43.9 Å². The van der Waals surface area contributed by atoms with E-state index < -0.39 is 17.7 Å². The number of Topliss-reactive ketones (excluding diaryl/α,β-unsaturated/α-hetero) is 1. The minimum absolute atomic E-state index is 0.0815. The van der Waals surface area contributed by atoms with Gasteiger partial charge in [0.05, 0.1) is 25.3 Å². The zero-order valence-electron chi connectivity index (χ0n) is 17.6. The van der Waals surface area contributed by atoms with Crippen molar-refractivity contribution in [2.45, 2.75) is 32.7 Å². The molecular weight excluding hydrogens is 382 g/mol. The van der Waals surface area contributed by atoms with Crippen LogP contribution in [0.15, 0.2) is 54.1 Å². The van der Waals surface area contributed by atoms with Gasteiger partial charge in [-0.1, -0.05) is 37.6 Å². The Morgan fingerprint density at radius 2 is 1.80 bits per heavy atom. The summed E-state index contributed by atoms with van der Waals surface area (Å²) in [4.78, 5) is 27.4. The maximum atomic E-state index is 13.0. The number of benzene rings is 2. The zero-order valence-corrected chi connectivity index (χ0v) is 17.6. The van der Waals surface area contributed by atoms with Gasteiger partial charge in [0.15, 0.2) is 0 Å². The Morgan fingerprint density at radius 3 is 2.50 bits per heavy atom. The number of likely N-dealkylation sites (tertiary alicyclic amines) is 1. The third kappa shape index (κ3) is 4.17. The van der Waals surface area contributed by atoms with E-state index in [1.54, 1.807) is 29.2 Å². The average Bonchev–Trinajstić information content (AvgIpc) is 3.02. The van der Waals surface area contributed by atoms with Crippen molar-refractivity contribution in [3.63, 3.8) is 0 Å². The molecule has 2 aromatic rings. The van der Waals surface area contributed by atoms with E-state index in [2.05, 4.69) is 0 Å². The molecule has 1 aliphatic rings. The average molecular weight is 409 g/mol. The van der Waals surface area contributed by atoms with Gasteiger partial charge in [-0.3, -0.25) is 9.59 Å². The fourth-order valence-corrected chi connectivity index (χ4v) is 3.65. The van der Waals surface area contributed by atoms with Crippen molar-refractivity contribution < 1.29 is 24.2 Å². The van der Waals surface area contributed by atoms with Crippen LogP contribution in [0.2, 0.25) is 0 Å². The van der Waals surface area contributed by atoms with Crippen molar-refractivity contribution in [1.29, 1.82) is 0 Å². The summed E-state index contributed by atoms with van der Waals surface area (Å²) in [5.41, 5.74) is 1.23. The molecule has 30 heavy (non-hydrogen) atoms. The molecule has 0 bridgehead atoms. The summed E-state index contributed by atoms with van der Waals surface area (Å²) in [6, 6.07) is 13.4. The van der Waals surface area contributed by atoms with Crippen molar-refractivity contribution in [2.75, 3.05) is 20.3 Å². The number of ketones is 1. The number of carbonyl (C=O) groups is 2. The van der Waals surface area contributed by atoms with Crippen LogP contribution in [0.3, 0.4) is 0 Å². The van der Waals surface area contributed by atoms with Gasteiger partial charge in [-0.2, -0.15) is 0 Å². The number of nitrogens with zero attached hydrogens (tertiary/aromatic N) is 1. The lowest BCUT2D eigenvalue weighted by Gasteiger charge is -2.25. The summed E-state index contributed by atoms with van der Waals surface area (Å²) >= 11 is 0. The van der Waals surface area contributed by atoms with Crippen LogP contribution in [0.5, 0.6) is 11.5 Å². The van der Waals surface area contributed by atoms with Crippen LogP contribution < -0.4 is 9.47 Å². The lowest BCUT2D eigenvalue weighted by atomic mass is 9.95. The van der Waals surface area contributed by atoms with Crippen molar-refractivity contribution in [3.8, 4) is 11.5 Å². The van der Waals surface area contributed by atoms with Crippen molar-refractivity contribution in [1.82, 2.24) is 4.90 Å². The SMILES string of the molecule is CCCCN1C(=O)C(=O)/C(=C(\O)c2cccc(OC)c2)C1c1cccc(OCC)c1. The normalized spacial score (nSPS) is 18.0. The molecule has 1 heterocycles. The van der Waals surface area contributed by atoms with E-state index in [-0.39, 0.29) is 11.3 Å². The highest BCUT2D eigenvalue weighted by Gasteiger charge is 2.45. The molecule has 1 fully saturated rings. The Labute approximate surface area is 176 Å². The summed E-state index contributed by atoms with van der Waals surface area (Å²) in [5, 5.41) is 11.1. The Hall–Kier alpha value is -3.28. The van der Waals surface area contributed by atoms with Gasteiger partial charge in [-0.25, -0.2) is 0 Å². The van der Waals surface area contributed by atoms with Crippen LogP contribution in [0, 0.1) is 0 Å². The molecule has 6 heteroatoms. The first-order valence-corrected chi connectivity index (χ1v) is 10.2. The predicted octanol–water partition coefficient (Wildman–Crippen LogP) is 4.32. The smallest absolute Gasteiger partial charge is 0.295 e. The maximum Gasteiger partial charge on any atom is 0.295 e. The number of methoxy groups -OCH3 is 1. The van der Waals surface area contributed by atoms with E-state index in [0.717, 1.165) is 18.4 Å². The van der Waals surface area contributed by atoms with Crippen molar-refractivity contribution in [2.24, 2.45) is 0 Å². The molecule has 0 saturated carbocycles. The van der Waals surface area contributed by atoms with Gasteiger partial charge in [0.25, 0.3) is 11.7 Å². The number of unbranched alkanes of at least 4 members (excludes halogenated alkanes) is 1. The minimum atomic E-state index is -0.682. The number of ether oxygens (including phenoxy) is 2. The number of rotatable bonds is 8. The van der Waals surface area contributed by atoms with Gasteiger partial charge in [0.2, 0.25) is 0 Å². The summed E-state index contributed by atoms with van der Waals surface area (Å²) in [7, 11) is 1.53. The topological polar surface area (TPSA) is 76.1 Å². The van der Waals surface area contributed by atoms with Gasteiger partial charge in [0.1, 0.15) is 17.3 Å². The van der Waals surface area contributed by atoms with Gasteiger partial charge < -0.3 is 19.5 Å². The van der Waals surface area contributed by atoms with Gasteiger partial charge >= 0.3 is 0 Å². The van der Waals surface area contributed by atoms with E-state index in [4.69, 9.17) is 9.47 Å². The highest BCUT2D eigenvalue weighted by molar-refractivity contribution is 6.46. The van der Waals surface area contributed by atoms with E-state index in [9.17, 15) is 14.7 Å². The third-order valence-corrected chi connectivity index (χ3v) is 5.12. The molecule has 3 rings (SSSR count). The number of amides is 1. The molecule has 1 atom stereocenters. The number of carbonyl (C=O) groups excluding carboxylic acids is 2. The fraction of sp³-hybridized carbons (Fsp3) is 0.333. The summed E-state index contributed by atoms with van der Waals surface area (Å²) in [5.74, 6) is -0.289. The second-order valence-electron chi connectivity index (χ2n) is 7.08. The second-order valence-corrected chi connectivity index (χ2v) is 7.08. The van der Waals surface area contributed by atoms with E-state index in [0.29, 0.717) is 30.2 Å². The maximum absolute atomic E-state index is 13.0. The van der Waals surface area contributed by atoms with Crippen molar-refractivity contribution >= 4 is 17.4 Å². The first-order valence-electron chi connectivity index (χ1n) is 10.2. The quantitative estimate of drug-likeness (QED) is 0.399. The summed E-state index contributed by atoms with van der Waals surface area (Å²) in [6.45, 7) is 4.85. The van der Waals surface area contributed by atoms with Gasteiger partial charge in [0, 0.05) is 12.1 Å². The Bertz CT molecular complexity index is 966. The molecule has 1 unspecified atom stereocenters. The first kappa shape index (κ1) is 21.4. The number of aliphatic hydroxyl groups is 1. The Balaban J connectivity index is 2.16. The summed E-state index contributed by atoms with van der Waals surface area (Å²) in [6.07, 6.45) is 1.64. The van der Waals surface area contributed by atoms with Crippen LogP contribution >= 0.6 is 0 Å². The standard InChI is InChI=1S/C24H27NO5/c1-4-6-13-25-21(16-9-7-12-19(14-16)30-5-2)20(23(27)24(25)28)22(26)17-10-8-11-18(15-17)29-3/h7-12,14-15,21,26H,4-6,13H2,1-3H3/b22-20-. The molecule has 1 amide bonds. The van der Waals surface area contributed by atoms with Crippen LogP contribution in [0.4, 0.5) is 0 Å². The van der Waals surface area contributed by atoms with E-state index in [1.807, 2.05) is 38.1 Å². The number of hydrogen-bond donors (Lipinski definition) is 1. The van der Waals surface area contributed by atoms with E-state index in [1.165, 1.54) is 7.11 Å². The Kier molecular flexibility index (Phi) is 6.77. The van der Waals surface area contributed by atoms with E-state index >= 15 is 0 Å². The fourth-order valence-electron chi connectivity index (χ4n) is 3.65. The molecule has 1 saturated heterocycles. The largest absolute Gasteiger partial charge is 0.507 e. The number of hydrogen-bond acceptors (Lipinski definition) is 5. The zero-order chi connectivity index (χ0) is 21.7. The van der Waals surface area contributed by atoms with Gasteiger partial charge in [-0.15, -0.1) is 0 Å². The van der Waals surface area contributed by atoms with Crippen LogP contribution in [-0.4, -0.2) is 42.0 Å². The first-order chi connectivity index (χ1) is 14.5. The molecule has 158 valence electrons. The molecule has 0 spiro atoms. The highest BCUT2D eigenvalue weighted by Crippen LogP contribution is 2.40. The minimum Gasteiger partial charge on any atom is -0.507 e.